The van der Waals surface area contributed by atoms with Gasteiger partial charge in [0.2, 0.25) is 0 Å². The number of H-pyrrole nitrogens is 1. The molecule has 0 atom stereocenters. The molecule has 0 spiro atoms. The molecule has 1 N–H and O–H groups in total. The number of rotatable bonds is 4. The Kier molecular flexibility index (Phi) is 4.23. The summed E-state index contributed by atoms with van der Waals surface area (Å²) in [5, 5.41) is 7.42. The zero-order chi connectivity index (χ0) is 16.4. The zero-order valence-electron chi connectivity index (χ0n) is 13.6. The molecule has 1 aromatic heterocycles. The number of benzene rings is 1. The minimum absolute atomic E-state index is 0.274. The molecule has 0 saturated heterocycles. The van der Waals surface area contributed by atoms with Crippen molar-refractivity contribution in [1.82, 2.24) is 15.1 Å². The van der Waals surface area contributed by atoms with E-state index in [1.807, 2.05) is 38.1 Å². The Hall–Kier alpha value is -2.50. The highest BCUT2D eigenvalue weighted by Crippen LogP contribution is 2.31. The molecule has 0 saturated carbocycles. The number of nitrogens with zero attached hydrogens (tertiary/aromatic N) is 2. The Bertz CT molecular complexity index is 692. The SMILES string of the molecule is COc1ccc(-c2n[nH]c3c2CN(C(=O)OCC(C)C)C3)cc1. The van der Waals surface area contributed by atoms with E-state index < -0.39 is 0 Å². The number of carbonyl (C=O) groups is 1. The van der Waals surface area contributed by atoms with Gasteiger partial charge in [-0.25, -0.2) is 4.79 Å². The van der Waals surface area contributed by atoms with E-state index in [1.54, 1.807) is 12.0 Å². The van der Waals surface area contributed by atoms with Crippen molar-refractivity contribution in [1.29, 1.82) is 0 Å². The van der Waals surface area contributed by atoms with Gasteiger partial charge in [-0.3, -0.25) is 10.00 Å². The van der Waals surface area contributed by atoms with E-state index in [2.05, 4.69) is 10.2 Å². The van der Waals surface area contributed by atoms with Gasteiger partial charge >= 0.3 is 6.09 Å². The number of ether oxygens (including phenoxy) is 2. The molecular formula is C17H21N3O3. The quantitative estimate of drug-likeness (QED) is 0.941. The molecule has 0 unspecified atom stereocenters. The predicted molar refractivity (Wildman–Crippen MR) is 86.0 cm³/mol. The fourth-order valence-electron chi connectivity index (χ4n) is 2.59. The lowest BCUT2D eigenvalue weighted by atomic mass is 10.1. The number of aromatic nitrogens is 2. The van der Waals surface area contributed by atoms with Gasteiger partial charge in [-0.15, -0.1) is 0 Å². The van der Waals surface area contributed by atoms with Gasteiger partial charge in [0.25, 0.3) is 0 Å². The summed E-state index contributed by atoms with van der Waals surface area (Å²) in [7, 11) is 1.64. The van der Waals surface area contributed by atoms with E-state index in [0.717, 1.165) is 28.3 Å². The van der Waals surface area contributed by atoms with Crippen molar-refractivity contribution in [3.05, 3.63) is 35.5 Å². The second-order valence-electron chi connectivity index (χ2n) is 6.08. The van der Waals surface area contributed by atoms with Crippen LogP contribution in [-0.4, -0.2) is 34.9 Å². The summed E-state index contributed by atoms with van der Waals surface area (Å²) in [5.41, 5.74) is 3.90. The van der Waals surface area contributed by atoms with Crippen LogP contribution in [0.15, 0.2) is 24.3 Å². The average molecular weight is 315 g/mol. The third-order valence-electron chi connectivity index (χ3n) is 3.81. The van der Waals surface area contributed by atoms with Gasteiger partial charge in [-0.1, -0.05) is 13.8 Å². The summed E-state index contributed by atoms with van der Waals surface area (Å²) in [6, 6.07) is 7.74. The van der Waals surface area contributed by atoms with E-state index in [-0.39, 0.29) is 6.09 Å². The van der Waals surface area contributed by atoms with Crippen molar-refractivity contribution in [2.24, 2.45) is 5.92 Å². The monoisotopic (exact) mass is 315 g/mol. The lowest BCUT2D eigenvalue weighted by molar-refractivity contribution is 0.0910. The average Bonchev–Trinajstić information content (AvgIpc) is 3.13. The molecule has 0 radical (unpaired) electrons. The first-order chi connectivity index (χ1) is 11.1. The molecule has 2 aromatic rings. The molecular weight excluding hydrogens is 294 g/mol. The van der Waals surface area contributed by atoms with E-state index in [9.17, 15) is 4.79 Å². The van der Waals surface area contributed by atoms with E-state index >= 15 is 0 Å². The number of hydrogen-bond donors (Lipinski definition) is 1. The van der Waals surface area contributed by atoms with Gasteiger partial charge in [-0.05, 0) is 30.2 Å². The van der Waals surface area contributed by atoms with Gasteiger partial charge < -0.3 is 9.47 Å². The number of nitrogens with one attached hydrogen (secondary N) is 1. The van der Waals surface area contributed by atoms with E-state index in [0.29, 0.717) is 25.6 Å². The third kappa shape index (κ3) is 3.16. The van der Waals surface area contributed by atoms with Gasteiger partial charge in [0.15, 0.2) is 0 Å². The summed E-state index contributed by atoms with van der Waals surface area (Å²) in [4.78, 5) is 13.8. The van der Waals surface area contributed by atoms with Gasteiger partial charge in [0.05, 0.1) is 38.2 Å². The van der Waals surface area contributed by atoms with Crippen molar-refractivity contribution in [2.45, 2.75) is 26.9 Å². The van der Waals surface area contributed by atoms with Crippen molar-refractivity contribution < 1.29 is 14.3 Å². The Morgan fingerprint density at radius 3 is 2.70 bits per heavy atom. The Labute approximate surface area is 135 Å². The Balaban J connectivity index is 1.74. The molecule has 1 aromatic carbocycles. The van der Waals surface area contributed by atoms with Crippen LogP contribution in [0, 0.1) is 5.92 Å². The van der Waals surface area contributed by atoms with Crippen LogP contribution >= 0.6 is 0 Å². The van der Waals surface area contributed by atoms with Crippen LogP contribution in [-0.2, 0) is 17.8 Å². The maximum absolute atomic E-state index is 12.1. The predicted octanol–water partition coefficient (Wildman–Crippen LogP) is 3.19. The minimum Gasteiger partial charge on any atom is -0.497 e. The largest absolute Gasteiger partial charge is 0.497 e. The molecule has 0 aliphatic carbocycles. The first-order valence-electron chi connectivity index (χ1n) is 7.70. The van der Waals surface area contributed by atoms with E-state index in [4.69, 9.17) is 9.47 Å². The lowest BCUT2D eigenvalue weighted by Crippen LogP contribution is -2.27. The molecule has 23 heavy (non-hydrogen) atoms. The molecule has 0 fully saturated rings. The van der Waals surface area contributed by atoms with Crippen molar-refractivity contribution >= 4 is 6.09 Å². The summed E-state index contributed by atoms with van der Waals surface area (Å²) in [6.45, 7) is 5.50. The first kappa shape index (κ1) is 15.4. The molecule has 1 aliphatic heterocycles. The first-order valence-corrected chi connectivity index (χ1v) is 7.70. The number of carbonyl (C=O) groups excluding carboxylic acids is 1. The smallest absolute Gasteiger partial charge is 0.410 e. The van der Waals surface area contributed by atoms with Crippen LogP contribution in [0.3, 0.4) is 0 Å². The normalized spacial score (nSPS) is 13.3. The summed E-state index contributed by atoms with van der Waals surface area (Å²) in [5.74, 6) is 1.13. The van der Waals surface area contributed by atoms with Crippen LogP contribution in [0.25, 0.3) is 11.3 Å². The molecule has 0 bridgehead atoms. The maximum Gasteiger partial charge on any atom is 0.410 e. The van der Waals surface area contributed by atoms with Crippen molar-refractivity contribution in [3.8, 4) is 17.0 Å². The molecule has 122 valence electrons. The second kappa shape index (κ2) is 6.32. The summed E-state index contributed by atoms with van der Waals surface area (Å²) in [6.07, 6.45) is -0.274. The third-order valence-corrected chi connectivity index (χ3v) is 3.81. The highest BCUT2D eigenvalue weighted by Gasteiger charge is 2.29. The van der Waals surface area contributed by atoms with Crippen LogP contribution in [0.4, 0.5) is 4.79 Å². The zero-order valence-corrected chi connectivity index (χ0v) is 13.6. The fourth-order valence-corrected chi connectivity index (χ4v) is 2.59. The van der Waals surface area contributed by atoms with E-state index in [1.165, 1.54) is 0 Å². The Morgan fingerprint density at radius 1 is 1.30 bits per heavy atom. The topological polar surface area (TPSA) is 67.5 Å². The Morgan fingerprint density at radius 2 is 2.04 bits per heavy atom. The number of amides is 1. The molecule has 6 nitrogen and oxygen atoms in total. The molecule has 6 heteroatoms. The van der Waals surface area contributed by atoms with Crippen LogP contribution in [0.2, 0.25) is 0 Å². The fraction of sp³-hybridized carbons (Fsp3) is 0.412. The van der Waals surface area contributed by atoms with Crippen molar-refractivity contribution in [3.63, 3.8) is 0 Å². The minimum atomic E-state index is -0.274. The number of hydrogen-bond acceptors (Lipinski definition) is 4. The van der Waals surface area contributed by atoms with Gasteiger partial charge in [-0.2, -0.15) is 5.10 Å². The van der Waals surface area contributed by atoms with Gasteiger partial charge in [0.1, 0.15) is 5.75 Å². The summed E-state index contributed by atoms with van der Waals surface area (Å²) < 4.78 is 10.5. The molecule has 3 rings (SSSR count). The highest BCUT2D eigenvalue weighted by atomic mass is 16.6. The number of methoxy groups -OCH3 is 1. The lowest BCUT2D eigenvalue weighted by Gasteiger charge is -2.16. The molecule has 1 amide bonds. The summed E-state index contributed by atoms with van der Waals surface area (Å²) >= 11 is 0. The second-order valence-corrected chi connectivity index (χ2v) is 6.08. The molecule has 1 aliphatic rings. The standard InChI is InChI=1S/C17H21N3O3/c1-11(2)10-23-17(21)20-8-14-15(9-20)18-19-16(14)12-4-6-13(22-3)7-5-12/h4-7,11H,8-10H2,1-3H3,(H,18,19). The molecule has 2 heterocycles. The maximum atomic E-state index is 12.1. The van der Waals surface area contributed by atoms with Crippen LogP contribution < -0.4 is 4.74 Å². The number of fused-ring (bicyclic) bond motifs is 1. The van der Waals surface area contributed by atoms with Crippen LogP contribution in [0.1, 0.15) is 25.1 Å². The van der Waals surface area contributed by atoms with Crippen molar-refractivity contribution in [2.75, 3.05) is 13.7 Å². The number of aromatic amines is 1. The van der Waals surface area contributed by atoms with Crippen LogP contribution in [0.5, 0.6) is 5.75 Å². The van der Waals surface area contributed by atoms with Gasteiger partial charge in [0, 0.05) is 11.1 Å². The highest BCUT2D eigenvalue weighted by molar-refractivity contribution is 5.71.